The third-order valence-electron chi connectivity index (χ3n) is 4.98. The largest absolute Gasteiger partial charge is 0.495 e. The van der Waals surface area contributed by atoms with E-state index in [9.17, 15) is 14.9 Å². The molecule has 1 saturated heterocycles. The molecule has 27 heavy (non-hydrogen) atoms. The van der Waals surface area contributed by atoms with Crippen LogP contribution < -0.4 is 5.46 Å². The summed E-state index contributed by atoms with van der Waals surface area (Å²) in [4.78, 5) is 23.6. The number of hydrogen-bond donors (Lipinski definition) is 0. The van der Waals surface area contributed by atoms with Crippen molar-refractivity contribution in [3.8, 4) is 0 Å². The van der Waals surface area contributed by atoms with Crippen molar-refractivity contribution in [2.24, 2.45) is 0 Å². The number of hydrogen-bond acceptors (Lipinski definition) is 6. The molecule has 0 saturated carbocycles. The molecule has 2 aromatic carbocycles. The SMILES string of the molecule is CC1(C)OB(c2cc(Sc3ccc([N+](=O)[O-])cc3)ccc2C=O)OC1(C)C. The zero-order valence-corrected chi connectivity index (χ0v) is 16.4. The van der Waals surface area contributed by atoms with Gasteiger partial charge in [0.1, 0.15) is 6.29 Å². The van der Waals surface area contributed by atoms with Gasteiger partial charge in [-0.05, 0) is 57.4 Å². The van der Waals surface area contributed by atoms with E-state index in [1.54, 1.807) is 18.2 Å². The second-order valence-corrected chi connectivity index (χ2v) is 8.50. The smallest absolute Gasteiger partial charge is 0.399 e. The van der Waals surface area contributed by atoms with Crippen molar-refractivity contribution in [2.75, 3.05) is 0 Å². The Morgan fingerprint density at radius 2 is 1.56 bits per heavy atom. The highest BCUT2D eigenvalue weighted by Gasteiger charge is 2.52. The fourth-order valence-electron chi connectivity index (χ4n) is 2.67. The van der Waals surface area contributed by atoms with Crippen LogP contribution in [-0.2, 0) is 9.31 Å². The molecule has 1 aliphatic heterocycles. The third-order valence-corrected chi connectivity index (χ3v) is 5.97. The summed E-state index contributed by atoms with van der Waals surface area (Å²) in [6.07, 6.45) is 0.792. The fourth-order valence-corrected chi connectivity index (χ4v) is 3.54. The van der Waals surface area contributed by atoms with Gasteiger partial charge in [0.2, 0.25) is 0 Å². The summed E-state index contributed by atoms with van der Waals surface area (Å²) in [5.74, 6) is 0. The Labute approximate surface area is 162 Å². The van der Waals surface area contributed by atoms with E-state index in [1.807, 2.05) is 39.8 Å². The van der Waals surface area contributed by atoms with Gasteiger partial charge in [-0.25, -0.2) is 0 Å². The summed E-state index contributed by atoms with van der Waals surface area (Å²) >= 11 is 1.45. The molecular formula is C19H20BNO5S. The van der Waals surface area contributed by atoms with E-state index < -0.39 is 23.2 Å². The van der Waals surface area contributed by atoms with Gasteiger partial charge < -0.3 is 9.31 Å². The first-order valence-electron chi connectivity index (χ1n) is 8.50. The zero-order chi connectivity index (χ0) is 19.8. The Kier molecular flexibility index (Phi) is 5.16. The molecule has 0 N–H and O–H groups in total. The van der Waals surface area contributed by atoms with Crippen LogP contribution in [0.1, 0.15) is 38.1 Å². The van der Waals surface area contributed by atoms with Crippen LogP contribution in [0.2, 0.25) is 0 Å². The Hall–Kier alpha value is -2.16. The van der Waals surface area contributed by atoms with Gasteiger partial charge in [0.15, 0.2) is 0 Å². The molecule has 0 spiro atoms. The maximum absolute atomic E-state index is 11.5. The monoisotopic (exact) mass is 385 g/mol. The lowest BCUT2D eigenvalue weighted by Crippen LogP contribution is -2.41. The second-order valence-electron chi connectivity index (χ2n) is 7.35. The third kappa shape index (κ3) is 3.92. The van der Waals surface area contributed by atoms with E-state index in [1.165, 1.54) is 23.9 Å². The Balaban J connectivity index is 1.88. The molecule has 2 aromatic rings. The van der Waals surface area contributed by atoms with E-state index in [2.05, 4.69) is 0 Å². The quantitative estimate of drug-likeness (QED) is 0.337. The molecule has 3 rings (SSSR count). The Morgan fingerprint density at radius 3 is 2.07 bits per heavy atom. The number of non-ortho nitro benzene ring substituents is 1. The Morgan fingerprint density at radius 1 is 1.00 bits per heavy atom. The summed E-state index contributed by atoms with van der Waals surface area (Å²) in [6.45, 7) is 7.85. The molecule has 0 unspecified atom stereocenters. The van der Waals surface area contributed by atoms with E-state index in [4.69, 9.17) is 9.31 Å². The number of carbonyl (C=O) groups excluding carboxylic acids is 1. The van der Waals surface area contributed by atoms with Crippen molar-refractivity contribution in [1.82, 2.24) is 0 Å². The summed E-state index contributed by atoms with van der Waals surface area (Å²) < 4.78 is 12.1. The Bertz CT molecular complexity index is 866. The molecule has 140 valence electrons. The van der Waals surface area contributed by atoms with Crippen LogP contribution in [-0.4, -0.2) is 29.5 Å². The van der Waals surface area contributed by atoms with Crippen LogP contribution in [0, 0.1) is 10.1 Å². The van der Waals surface area contributed by atoms with Crippen molar-refractivity contribution in [3.05, 3.63) is 58.1 Å². The molecule has 6 nitrogen and oxygen atoms in total. The van der Waals surface area contributed by atoms with Crippen LogP contribution in [0.15, 0.2) is 52.3 Å². The van der Waals surface area contributed by atoms with Crippen molar-refractivity contribution < 1.29 is 19.0 Å². The average Bonchev–Trinajstić information content (AvgIpc) is 2.83. The highest BCUT2D eigenvalue weighted by atomic mass is 32.2. The first-order chi connectivity index (χ1) is 12.6. The fraction of sp³-hybridized carbons (Fsp3) is 0.316. The van der Waals surface area contributed by atoms with Crippen molar-refractivity contribution in [1.29, 1.82) is 0 Å². The van der Waals surface area contributed by atoms with E-state index in [0.717, 1.165) is 16.1 Å². The van der Waals surface area contributed by atoms with Gasteiger partial charge in [0, 0.05) is 27.5 Å². The van der Waals surface area contributed by atoms with Crippen LogP contribution in [0.5, 0.6) is 0 Å². The number of aldehydes is 1. The molecule has 1 heterocycles. The van der Waals surface area contributed by atoms with E-state index in [0.29, 0.717) is 11.0 Å². The number of benzene rings is 2. The predicted octanol–water partition coefficient (Wildman–Crippen LogP) is 3.86. The number of nitro benzene ring substituents is 1. The van der Waals surface area contributed by atoms with Gasteiger partial charge in [-0.3, -0.25) is 14.9 Å². The molecule has 0 atom stereocenters. The number of nitro groups is 1. The van der Waals surface area contributed by atoms with Gasteiger partial charge >= 0.3 is 7.12 Å². The second kappa shape index (κ2) is 7.11. The van der Waals surface area contributed by atoms with Crippen molar-refractivity contribution >= 4 is 36.3 Å². The van der Waals surface area contributed by atoms with Gasteiger partial charge in [-0.15, -0.1) is 0 Å². The summed E-state index contributed by atoms with van der Waals surface area (Å²) in [5, 5.41) is 10.8. The summed E-state index contributed by atoms with van der Waals surface area (Å²) in [6, 6.07) is 11.8. The summed E-state index contributed by atoms with van der Waals surface area (Å²) in [5.41, 5.74) is 0.240. The molecule has 1 aliphatic rings. The normalized spacial score (nSPS) is 17.7. The minimum atomic E-state index is -0.632. The van der Waals surface area contributed by atoms with Gasteiger partial charge in [-0.1, -0.05) is 17.8 Å². The topological polar surface area (TPSA) is 78.7 Å². The lowest BCUT2D eigenvalue weighted by molar-refractivity contribution is -0.384. The van der Waals surface area contributed by atoms with Crippen molar-refractivity contribution in [2.45, 2.75) is 48.7 Å². The molecule has 0 aromatic heterocycles. The average molecular weight is 385 g/mol. The number of nitrogens with zero attached hydrogens (tertiary/aromatic N) is 1. The van der Waals surface area contributed by atoms with Crippen LogP contribution in [0.3, 0.4) is 0 Å². The minimum absolute atomic E-state index is 0.0496. The standard InChI is InChI=1S/C19H20BNO5S/c1-18(2)19(3,4)26-20(25-18)17-11-16(8-5-13(17)12-22)27-15-9-6-14(7-10-15)21(23)24/h5-12H,1-4H3. The predicted molar refractivity (Wildman–Crippen MR) is 105 cm³/mol. The first kappa shape index (κ1) is 19.6. The van der Waals surface area contributed by atoms with Crippen LogP contribution in [0.25, 0.3) is 0 Å². The maximum Gasteiger partial charge on any atom is 0.495 e. The van der Waals surface area contributed by atoms with Gasteiger partial charge in [0.05, 0.1) is 16.1 Å². The van der Waals surface area contributed by atoms with Crippen molar-refractivity contribution in [3.63, 3.8) is 0 Å². The molecule has 1 fully saturated rings. The molecule has 0 radical (unpaired) electrons. The molecule has 8 heteroatoms. The minimum Gasteiger partial charge on any atom is -0.399 e. The highest BCUT2D eigenvalue weighted by molar-refractivity contribution is 7.99. The number of rotatable bonds is 5. The molecule has 0 amide bonds. The lowest BCUT2D eigenvalue weighted by atomic mass is 9.76. The zero-order valence-electron chi connectivity index (χ0n) is 15.6. The van der Waals surface area contributed by atoms with E-state index in [-0.39, 0.29) is 5.69 Å². The van der Waals surface area contributed by atoms with Crippen LogP contribution >= 0.6 is 11.8 Å². The van der Waals surface area contributed by atoms with E-state index >= 15 is 0 Å². The lowest BCUT2D eigenvalue weighted by Gasteiger charge is -2.32. The highest BCUT2D eigenvalue weighted by Crippen LogP contribution is 2.37. The van der Waals surface area contributed by atoms with Gasteiger partial charge in [-0.2, -0.15) is 0 Å². The first-order valence-corrected chi connectivity index (χ1v) is 9.32. The molecule has 0 bridgehead atoms. The van der Waals surface area contributed by atoms with Gasteiger partial charge in [0.25, 0.3) is 5.69 Å². The maximum atomic E-state index is 11.5. The van der Waals surface area contributed by atoms with Crippen LogP contribution in [0.4, 0.5) is 5.69 Å². The summed E-state index contributed by atoms with van der Waals surface area (Å²) in [7, 11) is -0.632. The number of carbonyl (C=O) groups is 1. The molecular weight excluding hydrogens is 365 g/mol. The molecule has 0 aliphatic carbocycles.